The zero-order valence-electron chi connectivity index (χ0n) is 10.1. The van der Waals surface area contributed by atoms with E-state index in [0.717, 1.165) is 30.4 Å². The molecule has 0 atom stereocenters. The van der Waals surface area contributed by atoms with E-state index in [0.29, 0.717) is 5.92 Å². The molecule has 1 saturated carbocycles. The van der Waals surface area contributed by atoms with Gasteiger partial charge in [-0.05, 0) is 55.2 Å². The van der Waals surface area contributed by atoms with Crippen LogP contribution in [-0.2, 0) is 0 Å². The first-order valence-corrected chi connectivity index (χ1v) is 6.68. The monoisotopic (exact) mass is 226 g/mol. The maximum atomic E-state index is 12.3. The highest BCUT2D eigenvalue weighted by Gasteiger charge is 2.21. The smallest absolute Gasteiger partial charge is 0.188 e. The van der Waals surface area contributed by atoms with Crippen LogP contribution in [0.3, 0.4) is 0 Å². The number of hydrogen-bond acceptors (Lipinski definition) is 1. The van der Waals surface area contributed by atoms with E-state index >= 15 is 0 Å². The predicted octanol–water partition coefficient (Wildman–Crippen LogP) is 4.25. The van der Waals surface area contributed by atoms with Crippen molar-refractivity contribution >= 4 is 5.78 Å². The lowest BCUT2D eigenvalue weighted by Crippen LogP contribution is -2.10. The van der Waals surface area contributed by atoms with E-state index in [4.69, 9.17) is 0 Å². The molecule has 17 heavy (non-hydrogen) atoms. The van der Waals surface area contributed by atoms with E-state index in [1.54, 1.807) is 0 Å². The molecular formula is C16H18O. The third-order valence-electron chi connectivity index (χ3n) is 4.06. The molecule has 0 heterocycles. The van der Waals surface area contributed by atoms with Gasteiger partial charge < -0.3 is 0 Å². The molecule has 0 spiro atoms. The molecule has 0 amide bonds. The lowest BCUT2D eigenvalue weighted by molar-refractivity contribution is 0.103. The number of carbonyl (C=O) groups is 1. The van der Waals surface area contributed by atoms with Crippen molar-refractivity contribution in [3.8, 4) is 0 Å². The van der Waals surface area contributed by atoms with E-state index in [2.05, 4.69) is 18.2 Å². The van der Waals surface area contributed by atoms with E-state index in [1.807, 2.05) is 12.1 Å². The second kappa shape index (κ2) is 4.48. The first-order chi connectivity index (χ1) is 8.34. The summed E-state index contributed by atoms with van der Waals surface area (Å²) < 4.78 is 0. The molecule has 0 unspecified atom stereocenters. The molecule has 2 aliphatic rings. The fraction of sp³-hybridized carbons (Fsp3) is 0.438. The van der Waals surface area contributed by atoms with Gasteiger partial charge in [0.05, 0.1) is 0 Å². The molecule has 2 aliphatic carbocycles. The summed E-state index contributed by atoms with van der Waals surface area (Å²) in [5.41, 5.74) is 3.28. The standard InChI is InChI=1S/C16H18O/c17-16(13-5-1-2-6-13)15-10-4-9-14(11-15)12-7-3-8-12/h4-5,9-12H,1-3,6-8H2. The largest absolute Gasteiger partial charge is 0.289 e. The average Bonchev–Trinajstić information content (AvgIpc) is 2.79. The molecule has 0 radical (unpaired) electrons. The van der Waals surface area contributed by atoms with Crippen LogP contribution in [0.1, 0.15) is 60.4 Å². The summed E-state index contributed by atoms with van der Waals surface area (Å²) in [7, 11) is 0. The maximum absolute atomic E-state index is 12.3. The van der Waals surface area contributed by atoms with Crippen LogP contribution in [-0.4, -0.2) is 5.78 Å². The molecule has 3 rings (SSSR count). The van der Waals surface area contributed by atoms with Gasteiger partial charge in [-0.3, -0.25) is 4.79 Å². The Bertz CT molecular complexity index is 466. The van der Waals surface area contributed by atoms with Crippen LogP contribution in [0, 0.1) is 0 Å². The minimum Gasteiger partial charge on any atom is -0.289 e. The molecule has 1 nitrogen and oxygen atoms in total. The van der Waals surface area contributed by atoms with Crippen molar-refractivity contribution in [1.29, 1.82) is 0 Å². The minimum atomic E-state index is 0.253. The molecule has 0 bridgehead atoms. The summed E-state index contributed by atoms with van der Waals surface area (Å²) in [6.45, 7) is 0. The number of allylic oxidation sites excluding steroid dienone is 2. The second-order valence-electron chi connectivity index (χ2n) is 5.20. The van der Waals surface area contributed by atoms with Crippen LogP contribution >= 0.6 is 0 Å². The molecule has 0 aliphatic heterocycles. The molecular weight excluding hydrogens is 208 g/mol. The number of hydrogen-bond donors (Lipinski definition) is 0. The van der Waals surface area contributed by atoms with Gasteiger partial charge >= 0.3 is 0 Å². The van der Waals surface area contributed by atoms with Crippen molar-refractivity contribution in [2.24, 2.45) is 0 Å². The van der Waals surface area contributed by atoms with Gasteiger partial charge in [0, 0.05) is 5.56 Å². The molecule has 1 fully saturated rings. The Balaban J connectivity index is 1.84. The molecule has 0 saturated heterocycles. The van der Waals surface area contributed by atoms with Gasteiger partial charge in [-0.15, -0.1) is 0 Å². The van der Waals surface area contributed by atoms with Gasteiger partial charge in [0.2, 0.25) is 0 Å². The molecule has 0 aromatic heterocycles. The summed E-state index contributed by atoms with van der Waals surface area (Å²) >= 11 is 0. The quantitative estimate of drug-likeness (QED) is 0.704. The summed E-state index contributed by atoms with van der Waals surface area (Å²) in [6, 6.07) is 8.29. The van der Waals surface area contributed by atoms with E-state index in [-0.39, 0.29) is 5.78 Å². The molecule has 88 valence electrons. The van der Waals surface area contributed by atoms with Gasteiger partial charge in [-0.1, -0.05) is 30.7 Å². The third kappa shape index (κ3) is 2.06. The zero-order chi connectivity index (χ0) is 11.7. The van der Waals surface area contributed by atoms with Gasteiger partial charge in [0.25, 0.3) is 0 Å². The molecule has 1 aromatic carbocycles. The van der Waals surface area contributed by atoms with Crippen LogP contribution < -0.4 is 0 Å². The van der Waals surface area contributed by atoms with Crippen molar-refractivity contribution in [2.45, 2.75) is 44.4 Å². The highest BCUT2D eigenvalue weighted by atomic mass is 16.1. The van der Waals surface area contributed by atoms with E-state index in [9.17, 15) is 4.79 Å². The number of benzene rings is 1. The molecule has 1 aromatic rings. The normalized spacial score (nSPS) is 19.9. The van der Waals surface area contributed by atoms with E-state index in [1.165, 1.54) is 24.8 Å². The highest BCUT2D eigenvalue weighted by molar-refractivity contribution is 6.09. The molecule has 0 N–H and O–H groups in total. The number of rotatable bonds is 3. The van der Waals surface area contributed by atoms with Gasteiger partial charge in [-0.2, -0.15) is 0 Å². The van der Waals surface area contributed by atoms with Crippen LogP contribution in [0.2, 0.25) is 0 Å². The lowest BCUT2D eigenvalue weighted by atomic mass is 9.79. The van der Waals surface area contributed by atoms with Crippen LogP contribution in [0.15, 0.2) is 35.9 Å². The first kappa shape index (κ1) is 10.8. The van der Waals surface area contributed by atoms with Crippen molar-refractivity contribution < 1.29 is 4.79 Å². The summed E-state index contributed by atoms with van der Waals surface area (Å²) in [5, 5.41) is 0. The fourth-order valence-corrected chi connectivity index (χ4v) is 2.74. The Morgan fingerprint density at radius 3 is 2.71 bits per heavy atom. The zero-order valence-corrected chi connectivity index (χ0v) is 10.1. The Kier molecular flexibility index (Phi) is 2.84. The summed E-state index contributed by atoms with van der Waals surface area (Å²) in [6.07, 6.45) is 9.21. The van der Waals surface area contributed by atoms with Crippen molar-refractivity contribution in [3.05, 3.63) is 47.0 Å². The Morgan fingerprint density at radius 1 is 1.18 bits per heavy atom. The van der Waals surface area contributed by atoms with Crippen molar-refractivity contribution in [3.63, 3.8) is 0 Å². The van der Waals surface area contributed by atoms with Crippen LogP contribution in [0.4, 0.5) is 0 Å². The molecule has 1 heteroatoms. The average molecular weight is 226 g/mol. The highest BCUT2D eigenvalue weighted by Crippen LogP contribution is 2.36. The van der Waals surface area contributed by atoms with Crippen molar-refractivity contribution in [1.82, 2.24) is 0 Å². The SMILES string of the molecule is O=C(C1=CCCC1)c1cccc(C2CCC2)c1. The van der Waals surface area contributed by atoms with Crippen LogP contribution in [0.5, 0.6) is 0 Å². The lowest BCUT2D eigenvalue weighted by Gasteiger charge is -2.26. The van der Waals surface area contributed by atoms with Crippen LogP contribution in [0.25, 0.3) is 0 Å². The predicted molar refractivity (Wildman–Crippen MR) is 69.3 cm³/mol. The second-order valence-corrected chi connectivity index (χ2v) is 5.20. The van der Waals surface area contributed by atoms with Crippen molar-refractivity contribution in [2.75, 3.05) is 0 Å². The van der Waals surface area contributed by atoms with Gasteiger partial charge in [-0.25, -0.2) is 0 Å². The first-order valence-electron chi connectivity index (χ1n) is 6.68. The van der Waals surface area contributed by atoms with E-state index < -0.39 is 0 Å². The number of ketones is 1. The number of carbonyl (C=O) groups excluding carboxylic acids is 1. The summed E-state index contributed by atoms with van der Waals surface area (Å²) in [4.78, 5) is 12.3. The fourth-order valence-electron chi connectivity index (χ4n) is 2.74. The minimum absolute atomic E-state index is 0.253. The Labute approximate surface area is 103 Å². The Hall–Kier alpha value is -1.37. The Morgan fingerprint density at radius 2 is 2.06 bits per heavy atom. The third-order valence-corrected chi connectivity index (χ3v) is 4.06. The van der Waals surface area contributed by atoms with Gasteiger partial charge in [0.15, 0.2) is 5.78 Å². The number of Topliss-reactive ketones (excluding diaryl/α,β-unsaturated/α-hetero) is 1. The van der Waals surface area contributed by atoms with Gasteiger partial charge in [0.1, 0.15) is 0 Å². The maximum Gasteiger partial charge on any atom is 0.188 e. The topological polar surface area (TPSA) is 17.1 Å². The summed E-state index contributed by atoms with van der Waals surface area (Å²) in [5.74, 6) is 0.962.